The summed E-state index contributed by atoms with van der Waals surface area (Å²) in [7, 11) is 2.14. The number of fused-ring (bicyclic) bond motifs is 2. The van der Waals surface area contributed by atoms with Crippen LogP contribution in [0, 0.1) is 0 Å². The van der Waals surface area contributed by atoms with Gasteiger partial charge in [-0.05, 0) is 75.0 Å². The van der Waals surface area contributed by atoms with Gasteiger partial charge in [0.25, 0.3) is 5.56 Å². The summed E-state index contributed by atoms with van der Waals surface area (Å²) in [6.45, 7) is 8.14. The number of anilines is 2. The minimum absolute atomic E-state index is 0.232. The lowest BCUT2D eigenvalue weighted by Crippen LogP contribution is -2.35. The zero-order chi connectivity index (χ0) is 27.9. The molecule has 1 aliphatic heterocycles. The standard InChI is InChI=1S/C30H35N7O3/c1-4-16-36-28(38)24-19-31-29(32-21-7-9-22(10-8-21)40-23-13-17-35(3)18-14-23)34-27(24)37(36)25-11-6-20-12-15-30(39,5-2)26(20)33-25/h4,6-11,19,23,39H,1,5,12-18H2,2-3H3,(H,31,32,34)/t30-/m1/s1. The van der Waals surface area contributed by atoms with E-state index in [0.717, 1.165) is 49.4 Å². The van der Waals surface area contributed by atoms with E-state index in [1.807, 2.05) is 43.3 Å². The maximum Gasteiger partial charge on any atom is 0.278 e. The summed E-state index contributed by atoms with van der Waals surface area (Å²) >= 11 is 0. The van der Waals surface area contributed by atoms with Crippen LogP contribution in [0.2, 0.25) is 0 Å². The van der Waals surface area contributed by atoms with E-state index in [9.17, 15) is 9.90 Å². The maximum atomic E-state index is 13.3. The normalized spacial score (nSPS) is 19.6. The smallest absolute Gasteiger partial charge is 0.278 e. The highest BCUT2D eigenvalue weighted by atomic mass is 16.5. The van der Waals surface area contributed by atoms with E-state index in [1.54, 1.807) is 15.4 Å². The quantitative estimate of drug-likeness (QED) is 0.323. The molecule has 2 aliphatic rings. The van der Waals surface area contributed by atoms with E-state index in [2.05, 4.69) is 28.8 Å². The Morgan fingerprint density at radius 2 is 1.95 bits per heavy atom. The number of aliphatic hydroxyl groups is 1. The Kier molecular flexibility index (Phi) is 6.89. The van der Waals surface area contributed by atoms with E-state index < -0.39 is 5.60 Å². The molecule has 1 aliphatic carbocycles. The van der Waals surface area contributed by atoms with Crippen molar-refractivity contribution >= 4 is 22.7 Å². The maximum absolute atomic E-state index is 13.3. The summed E-state index contributed by atoms with van der Waals surface area (Å²) in [5.41, 5.74) is 1.73. The van der Waals surface area contributed by atoms with Crippen LogP contribution in [0.1, 0.15) is 43.9 Å². The predicted octanol–water partition coefficient (Wildman–Crippen LogP) is 3.92. The molecule has 1 fully saturated rings. The molecular formula is C30H35N7O3. The Labute approximate surface area is 232 Å². The Morgan fingerprint density at radius 3 is 2.67 bits per heavy atom. The summed E-state index contributed by atoms with van der Waals surface area (Å²) < 4.78 is 9.40. The van der Waals surface area contributed by atoms with Gasteiger partial charge < -0.3 is 20.1 Å². The SMILES string of the molecule is C=CCn1c(=O)c2cnc(Nc3ccc(OC4CCN(C)CC4)cc3)nc2n1-c1ccc2c(n1)[C@@](O)(CC)CC2. The third-order valence-corrected chi connectivity index (χ3v) is 8.07. The number of hydrogen-bond acceptors (Lipinski definition) is 8. The van der Waals surface area contributed by atoms with Crippen LogP contribution in [-0.4, -0.2) is 60.6 Å². The van der Waals surface area contributed by atoms with Crippen LogP contribution >= 0.6 is 0 Å². The minimum Gasteiger partial charge on any atom is -0.490 e. The second kappa shape index (κ2) is 10.5. The number of piperidine rings is 1. The van der Waals surface area contributed by atoms with Crippen molar-refractivity contribution in [1.82, 2.24) is 29.2 Å². The lowest BCUT2D eigenvalue weighted by Gasteiger charge is -2.29. The molecule has 0 amide bonds. The number of benzene rings is 1. The number of rotatable bonds is 8. The summed E-state index contributed by atoms with van der Waals surface area (Å²) in [6, 6.07) is 11.6. The molecule has 10 nitrogen and oxygen atoms in total. The number of pyridine rings is 1. The van der Waals surface area contributed by atoms with Crippen molar-refractivity contribution in [3.8, 4) is 11.6 Å². The van der Waals surface area contributed by atoms with Crippen molar-refractivity contribution in [2.45, 2.75) is 57.3 Å². The minimum atomic E-state index is -0.969. The summed E-state index contributed by atoms with van der Waals surface area (Å²) in [5, 5.41) is 14.8. The van der Waals surface area contributed by atoms with Gasteiger partial charge in [-0.15, -0.1) is 6.58 Å². The van der Waals surface area contributed by atoms with Crippen molar-refractivity contribution in [3.63, 3.8) is 0 Å². The topological polar surface area (TPSA) is 110 Å². The highest BCUT2D eigenvalue weighted by Crippen LogP contribution is 2.38. The van der Waals surface area contributed by atoms with Crippen molar-refractivity contribution in [1.29, 1.82) is 0 Å². The van der Waals surface area contributed by atoms with Gasteiger partial charge in [-0.25, -0.2) is 19.3 Å². The monoisotopic (exact) mass is 541 g/mol. The Balaban J connectivity index is 1.31. The number of aryl methyl sites for hydroxylation is 1. The summed E-state index contributed by atoms with van der Waals surface area (Å²) in [5.74, 6) is 1.70. The molecule has 4 aromatic rings. The van der Waals surface area contributed by atoms with Gasteiger partial charge in [-0.3, -0.25) is 4.79 Å². The highest BCUT2D eigenvalue weighted by Gasteiger charge is 2.37. The molecule has 0 radical (unpaired) electrons. The van der Waals surface area contributed by atoms with Gasteiger partial charge in [-0.1, -0.05) is 19.1 Å². The number of aromatic nitrogens is 5. The first-order valence-corrected chi connectivity index (χ1v) is 13.9. The van der Waals surface area contributed by atoms with E-state index in [1.165, 1.54) is 6.20 Å². The number of allylic oxidation sites excluding steroid dienone is 1. The number of hydrogen-bond donors (Lipinski definition) is 2. The van der Waals surface area contributed by atoms with Crippen LogP contribution in [0.15, 0.2) is 60.0 Å². The van der Waals surface area contributed by atoms with E-state index in [0.29, 0.717) is 41.3 Å². The van der Waals surface area contributed by atoms with E-state index in [4.69, 9.17) is 14.7 Å². The van der Waals surface area contributed by atoms with Gasteiger partial charge in [-0.2, -0.15) is 4.98 Å². The molecule has 1 aromatic carbocycles. The van der Waals surface area contributed by atoms with Crippen molar-refractivity contribution < 1.29 is 9.84 Å². The molecule has 208 valence electrons. The average molecular weight is 542 g/mol. The Morgan fingerprint density at radius 1 is 1.18 bits per heavy atom. The second-order valence-corrected chi connectivity index (χ2v) is 10.8. The molecule has 0 unspecified atom stereocenters. The van der Waals surface area contributed by atoms with Gasteiger partial charge >= 0.3 is 0 Å². The number of nitrogens with one attached hydrogen (secondary N) is 1. The molecule has 1 saturated heterocycles. The zero-order valence-corrected chi connectivity index (χ0v) is 23.0. The van der Waals surface area contributed by atoms with Crippen molar-refractivity contribution in [2.75, 3.05) is 25.5 Å². The molecule has 1 atom stereocenters. The lowest BCUT2D eigenvalue weighted by atomic mass is 9.98. The predicted molar refractivity (Wildman–Crippen MR) is 154 cm³/mol. The van der Waals surface area contributed by atoms with Gasteiger partial charge in [0, 0.05) is 25.0 Å². The van der Waals surface area contributed by atoms with Crippen molar-refractivity contribution in [2.24, 2.45) is 0 Å². The molecule has 6 rings (SSSR count). The molecule has 10 heteroatoms. The van der Waals surface area contributed by atoms with Crippen molar-refractivity contribution in [3.05, 3.63) is 76.9 Å². The summed E-state index contributed by atoms with van der Waals surface area (Å²) in [4.78, 5) is 29.6. The fraction of sp³-hybridized carbons (Fsp3) is 0.400. The molecule has 0 saturated carbocycles. The van der Waals surface area contributed by atoms with Crippen LogP contribution in [0.4, 0.5) is 11.6 Å². The fourth-order valence-corrected chi connectivity index (χ4v) is 5.65. The van der Waals surface area contributed by atoms with Gasteiger partial charge in [0.15, 0.2) is 11.5 Å². The van der Waals surface area contributed by atoms with Gasteiger partial charge in [0.2, 0.25) is 5.95 Å². The molecule has 4 heterocycles. The largest absolute Gasteiger partial charge is 0.490 e. The van der Waals surface area contributed by atoms with Crippen LogP contribution < -0.4 is 15.6 Å². The first kappa shape index (κ1) is 26.2. The third-order valence-electron chi connectivity index (χ3n) is 8.07. The Hall–Kier alpha value is -4.02. The second-order valence-electron chi connectivity index (χ2n) is 10.8. The van der Waals surface area contributed by atoms with Crippen LogP contribution in [0.25, 0.3) is 16.9 Å². The zero-order valence-electron chi connectivity index (χ0n) is 23.0. The molecular weight excluding hydrogens is 506 g/mol. The summed E-state index contributed by atoms with van der Waals surface area (Å²) in [6.07, 6.45) is 7.46. The average Bonchev–Trinajstić information content (AvgIpc) is 3.45. The van der Waals surface area contributed by atoms with Gasteiger partial charge in [0.1, 0.15) is 22.8 Å². The number of nitrogens with zero attached hydrogens (tertiary/aromatic N) is 6. The van der Waals surface area contributed by atoms with Crippen LogP contribution in [0.3, 0.4) is 0 Å². The van der Waals surface area contributed by atoms with E-state index >= 15 is 0 Å². The third kappa shape index (κ3) is 4.77. The molecule has 40 heavy (non-hydrogen) atoms. The molecule has 0 spiro atoms. The number of ether oxygens (including phenoxy) is 1. The molecule has 2 N–H and O–H groups in total. The molecule has 0 bridgehead atoms. The molecule has 3 aromatic heterocycles. The lowest BCUT2D eigenvalue weighted by molar-refractivity contribution is 0.0306. The Bertz CT molecular complexity index is 1600. The highest BCUT2D eigenvalue weighted by molar-refractivity contribution is 5.77. The first-order valence-electron chi connectivity index (χ1n) is 13.9. The van der Waals surface area contributed by atoms with Crippen LogP contribution in [-0.2, 0) is 18.6 Å². The first-order chi connectivity index (χ1) is 19.4. The van der Waals surface area contributed by atoms with Crippen LogP contribution in [0.5, 0.6) is 5.75 Å². The number of likely N-dealkylation sites (tertiary alicyclic amines) is 1. The van der Waals surface area contributed by atoms with Gasteiger partial charge in [0.05, 0.1) is 12.2 Å². The van der Waals surface area contributed by atoms with E-state index in [-0.39, 0.29) is 18.2 Å². The fourth-order valence-electron chi connectivity index (χ4n) is 5.65.